The molecule has 0 radical (unpaired) electrons. The van der Waals surface area contributed by atoms with Gasteiger partial charge < -0.3 is 11.5 Å². The SMILES string of the molecule is CC(C)CCc1ccc(C(=N)N)cc1.CCc1c(C)cc2c(N)nccc2c1C. The average Bonchev–Trinajstić information content (AvgIpc) is 2.68. The maximum atomic E-state index is 7.25. The van der Waals surface area contributed by atoms with Crippen LogP contribution in [-0.4, -0.2) is 10.8 Å². The fraction of sp³-hybridized carbons (Fsp3) is 0.360. The van der Waals surface area contributed by atoms with Crippen molar-refractivity contribution in [1.29, 1.82) is 5.41 Å². The van der Waals surface area contributed by atoms with Crippen LogP contribution in [0.4, 0.5) is 5.82 Å². The Hall–Kier alpha value is -2.88. The normalized spacial score (nSPS) is 10.7. The lowest BCUT2D eigenvalue weighted by molar-refractivity contribution is 0.587. The molecule has 5 N–H and O–H groups in total. The number of fused-ring (bicyclic) bond motifs is 1. The molecule has 154 valence electrons. The Labute approximate surface area is 174 Å². The second-order valence-corrected chi connectivity index (χ2v) is 7.99. The van der Waals surface area contributed by atoms with Crippen LogP contribution < -0.4 is 11.5 Å². The Bertz CT molecular complexity index is 972. The van der Waals surface area contributed by atoms with Gasteiger partial charge in [-0.2, -0.15) is 0 Å². The molecule has 0 fully saturated rings. The molecule has 0 atom stereocenters. The predicted molar refractivity (Wildman–Crippen MR) is 126 cm³/mol. The molecule has 4 heteroatoms. The maximum absolute atomic E-state index is 7.25. The first-order valence-electron chi connectivity index (χ1n) is 10.3. The molecule has 4 nitrogen and oxygen atoms in total. The fourth-order valence-corrected chi connectivity index (χ4v) is 3.58. The van der Waals surface area contributed by atoms with E-state index in [2.05, 4.69) is 57.8 Å². The maximum Gasteiger partial charge on any atom is 0.131 e. The lowest BCUT2D eigenvalue weighted by Crippen LogP contribution is -2.10. The summed E-state index contributed by atoms with van der Waals surface area (Å²) in [5.41, 5.74) is 17.4. The van der Waals surface area contributed by atoms with Crippen molar-refractivity contribution in [2.45, 2.75) is 53.9 Å². The molecule has 0 saturated carbocycles. The predicted octanol–water partition coefficient (Wildman–Crippen LogP) is 5.56. The first kappa shape index (κ1) is 22.4. The highest BCUT2D eigenvalue weighted by atomic mass is 14.8. The van der Waals surface area contributed by atoms with Gasteiger partial charge in [0.1, 0.15) is 11.7 Å². The molecular weight excluding hydrogens is 356 g/mol. The third kappa shape index (κ3) is 5.80. The Morgan fingerprint density at radius 1 is 1.07 bits per heavy atom. The summed E-state index contributed by atoms with van der Waals surface area (Å²) < 4.78 is 0. The van der Waals surface area contributed by atoms with Gasteiger partial charge in [-0.15, -0.1) is 0 Å². The zero-order chi connectivity index (χ0) is 21.6. The van der Waals surface area contributed by atoms with Crippen molar-refractivity contribution in [1.82, 2.24) is 4.98 Å². The number of aromatic nitrogens is 1. The molecule has 1 aromatic heterocycles. The minimum atomic E-state index is 0.139. The summed E-state index contributed by atoms with van der Waals surface area (Å²) in [4.78, 5) is 4.12. The lowest BCUT2D eigenvalue weighted by Gasteiger charge is -2.12. The Balaban J connectivity index is 0.000000208. The van der Waals surface area contributed by atoms with Gasteiger partial charge in [0.25, 0.3) is 0 Å². The molecule has 3 aromatic rings. The highest BCUT2D eigenvalue weighted by Gasteiger charge is 2.08. The zero-order valence-corrected chi connectivity index (χ0v) is 18.3. The molecule has 3 rings (SSSR count). The van der Waals surface area contributed by atoms with Gasteiger partial charge in [-0.25, -0.2) is 4.98 Å². The van der Waals surface area contributed by atoms with E-state index in [1.54, 1.807) is 6.20 Å². The minimum Gasteiger partial charge on any atom is -0.384 e. The van der Waals surface area contributed by atoms with Crippen LogP contribution in [0.5, 0.6) is 0 Å². The number of nitrogens with zero attached hydrogens (tertiary/aromatic N) is 1. The monoisotopic (exact) mass is 390 g/mol. The summed E-state index contributed by atoms with van der Waals surface area (Å²) in [5.74, 6) is 1.50. The van der Waals surface area contributed by atoms with Crippen molar-refractivity contribution >= 4 is 22.4 Å². The standard InChI is InChI=1S/C13H16N2.C12H18N2/c1-4-10-8(2)7-12-11(9(10)3)5-6-15-13(12)14;1-9(2)3-4-10-5-7-11(8-6-10)12(13)14/h5-7H,4H2,1-3H3,(H2,14,15);5-9H,3-4H2,1-2H3,(H3,13,14). The minimum absolute atomic E-state index is 0.139. The van der Waals surface area contributed by atoms with Crippen LogP contribution in [0.3, 0.4) is 0 Å². The van der Waals surface area contributed by atoms with E-state index < -0.39 is 0 Å². The van der Waals surface area contributed by atoms with Crippen LogP contribution >= 0.6 is 0 Å². The van der Waals surface area contributed by atoms with Crippen molar-refractivity contribution in [3.8, 4) is 0 Å². The van der Waals surface area contributed by atoms with E-state index in [1.165, 1.54) is 34.1 Å². The first-order chi connectivity index (χ1) is 13.7. The van der Waals surface area contributed by atoms with Gasteiger partial charge in [-0.3, -0.25) is 5.41 Å². The second-order valence-electron chi connectivity index (χ2n) is 7.99. The van der Waals surface area contributed by atoms with Crippen LogP contribution in [0.2, 0.25) is 0 Å². The van der Waals surface area contributed by atoms with Crippen LogP contribution in [0.1, 0.15) is 55.0 Å². The molecule has 0 amide bonds. The fourth-order valence-electron chi connectivity index (χ4n) is 3.58. The molecular formula is C25H34N4. The van der Waals surface area contributed by atoms with E-state index in [1.807, 2.05) is 18.2 Å². The molecule has 0 spiro atoms. The van der Waals surface area contributed by atoms with Gasteiger partial charge in [-0.05, 0) is 78.8 Å². The van der Waals surface area contributed by atoms with Gasteiger partial charge in [0.2, 0.25) is 0 Å². The number of nitrogen functional groups attached to an aromatic ring is 2. The number of hydrogen-bond acceptors (Lipinski definition) is 3. The molecule has 0 bridgehead atoms. The summed E-state index contributed by atoms with van der Waals surface area (Å²) in [5, 5.41) is 9.55. The molecule has 0 aliphatic rings. The molecule has 2 aromatic carbocycles. The van der Waals surface area contributed by atoms with Crippen molar-refractivity contribution in [2.24, 2.45) is 11.7 Å². The number of nitrogens with one attached hydrogen (secondary N) is 1. The summed E-state index contributed by atoms with van der Waals surface area (Å²) in [6, 6.07) is 12.1. The molecule has 0 aliphatic heterocycles. The first-order valence-corrected chi connectivity index (χ1v) is 10.3. The number of amidine groups is 1. The van der Waals surface area contributed by atoms with Crippen molar-refractivity contribution < 1.29 is 0 Å². The summed E-state index contributed by atoms with van der Waals surface area (Å²) in [6.07, 6.45) is 5.16. The number of hydrogen-bond donors (Lipinski definition) is 3. The number of pyridine rings is 1. The highest BCUT2D eigenvalue weighted by molar-refractivity contribution is 5.95. The van der Waals surface area contributed by atoms with Gasteiger partial charge in [0.15, 0.2) is 0 Å². The van der Waals surface area contributed by atoms with Crippen LogP contribution in [0.25, 0.3) is 10.8 Å². The Morgan fingerprint density at radius 3 is 2.28 bits per heavy atom. The van der Waals surface area contributed by atoms with E-state index >= 15 is 0 Å². The van der Waals surface area contributed by atoms with Crippen molar-refractivity contribution in [3.63, 3.8) is 0 Å². The summed E-state index contributed by atoms with van der Waals surface area (Å²) in [6.45, 7) is 10.9. The Kier molecular flexibility index (Phi) is 7.77. The summed E-state index contributed by atoms with van der Waals surface area (Å²) in [7, 11) is 0. The number of nitrogens with two attached hydrogens (primary N) is 2. The highest BCUT2D eigenvalue weighted by Crippen LogP contribution is 2.27. The van der Waals surface area contributed by atoms with Crippen molar-refractivity contribution in [3.05, 3.63) is 70.4 Å². The zero-order valence-electron chi connectivity index (χ0n) is 18.3. The van der Waals surface area contributed by atoms with Crippen LogP contribution in [0.15, 0.2) is 42.6 Å². The average molecular weight is 391 g/mol. The molecule has 0 aliphatic carbocycles. The summed E-state index contributed by atoms with van der Waals surface area (Å²) >= 11 is 0. The quantitative estimate of drug-likeness (QED) is 0.394. The van der Waals surface area contributed by atoms with E-state index in [9.17, 15) is 0 Å². The number of aryl methyl sites for hydroxylation is 3. The largest absolute Gasteiger partial charge is 0.384 e. The van der Waals surface area contributed by atoms with E-state index in [0.717, 1.165) is 29.7 Å². The number of anilines is 1. The number of benzene rings is 2. The van der Waals surface area contributed by atoms with E-state index in [-0.39, 0.29) is 5.84 Å². The molecule has 29 heavy (non-hydrogen) atoms. The van der Waals surface area contributed by atoms with Gasteiger partial charge in [0.05, 0.1) is 0 Å². The van der Waals surface area contributed by atoms with Crippen LogP contribution in [-0.2, 0) is 12.8 Å². The van der Waals surface area contributed by atoms with E-state index in [4.69, 9.17) is 16.9 Å². The van der Waals surface area contributed by atoms with Gasteiger partial charge in [-0.1, -0.05) is 45.0 Å². The van der Waals surface area contributed by atoms with E-state index in [0.29, 0.717) is 5.82 Å². The molecule has 1 heterocycles. The third-order valence-electron chi connectivity index (χ3n) is 5.34. The second kappa shape index (κ2) is 10.1. The van der Waals surface area contributed by atoms with Gasteiger partial charge >= 0.3 is 0 Å². The Morgan fingerprint density at radius 2 is 1.72 bits per heavy atom. The molecule has 0 saturated heterocycles. The topological polar surface area (TPSA) is 88.8 Å². The smallest absolute Gasteiger partial charge is 0.131 e. The lowest BCUT2D eigenvalue weighted by atomic mass is 9.95. The molecule has 0 unspecified atom stereocenters. The number of rotatable bonds is 5. The van der Waals surface area contributed by atoms with Crippen molar-refractivity contribution in [2.75, 3.05) is 5.73 Å². The van der Waals surface area contributed by atoms with Gasteiger partial charge in [0, 0.05) is 17.1 Å². The third-order valence-corrected chi connectivity index (χ3v) is 5.34. The van der Waals surface area contributed by atoms with Crippen LogP contribution in [0, 0.1) is 25.2 Å².